The molecule has 0 spiro atoms. The van der Waals surface area contributed by atoms with Crippen LogP contribution in [0, 0.1) is 0 Å². The molecule has 1 aromatic carbocycles. The number of amides is 1. The van der Waals surface area contributed by atoms with Crippen molar-refractivity contribution in [3.8, 4) is 0 Å². The minimum absolute atomic E-state index is 0.0510. The van der Waals surface area contributed by atoms with Gasteiger partial charge in [-0.1, -0.05) is 23.7 Å². The van der Waals surface area contributed by atoms with Gasteiger partial charge < -0.3 is 9.73 Å². The standard InChI is InChI=1S/C17H19ClN2O2/c18-15-3-1-13(2-4-15)11-20-8-5-16(6-9-20)19-17(21)14-7-10-22-12-14/h1-4,7,10,12,16H,5-6,8-9,11H2,(H,19,21). The summed E-state index contributed by atoms with van der Waals surface area (Å²) >= 11 is 5.90. The van der Waals surface area contributed by atoms with Crippen molar-refractivity contribution in [1.82, 2.24) is 10.2 Å². The van der Waals surface area contributed by atoms with Gasteiger partial charge in [0.2, 0.25) is 0 Å². The van der Waals surface area contributed by atoms with Gasteiger partial charge in [0.05, 0.1) is 11.8 Å². The summed E-state index contributed by atoms with van der Waals surface area (Å²) in [5.41, 5.74) is 1.86. The molecule has 4 nitrogen and oxygen atoms in total. The zero-order valence-corrected chi connectivity index (χ0v) is 13.1. The van der Waals surface area contributed by atoms with E-state index in [4.69, 9.17) is 16.0 Å². The summed E-state index contributed by atoms with van der Waals surface area (Å²) < 4.78 is 4.94. The number of benzene rings is 1. The molecule has 22 heavy (non-hydrogen) atoms. The van der Waals surface area contributed by atoms with Crippen molar-refractivity contribution < 1.29 is 9.21 Å². The van der Waals surface area contributed by atoms with Crippen LogP contribution >= 0.6 is 11.6 Å². The second-order valence-corrected chi connectivity index (χ2v) is 6.10. The van der Waals surface area contributed by atoms with Gasteiger partial charge in [-0.2, -0.15) is 0 Å². The Hall–Kier alpha value is -1.78. The van der Waals surface area contributed by atoms with Crippen molar-refractivity contribution >= 4 is 17.5 Å². The Morgan fingerprint density at radius 1 is 1.23 bits per heavy atom. The molecule has 3 rings (SSSR count). The molecule has 5 heteroatoms. The van der Waals surface area contributed by atoms with Crippen molar-refractivity contribution in [2.75, 3.05) is 13.1 Å². The summed E-state index contributed by atoms with van der Waals surface area (Å²) in [6.45, 7) is 2.90. The molecule has 1 aromatic heterocycles. The molecule has 0 unspecified atom stereocenters. The number of halogens is 1. The van der Waals surface area contributed by atoms with Gasteiger partial charge in [0.25, 0.3) is 5.91 Å². The fraction of sp³-hybridized carbons (Fsp3) is 0.353. The van der Waals surface area contributed by atoms with Crippen LogP contribution in [0.3, 0.4) is 0 Å². The maximum atomic E-state index is 12.0. The van der Waals surface area contributed by atoms with Crippen LogP contribution < -0.4 is 5.32 Å². The Morgan fingerprint density at radius 3 is 2.59 bits per heavy atom. The second kappa shape index (κ2) is 6.99. The SMILES string of the molecule is O=C(NC1CCN(Cc2ccc(Cl)cc2)CC1)c1ccoc1. The Bertz CT molecular complexity index is 602. The van der Waals surface area contributed by atoms with Gasteiger partial charge >= 0.3 is 0 Å². The molecule has 1 fully saturated rings. The Labute approximate surface area is 135 Å². The van der Waals surface area contributed by atoms with E-state index in [1.807, 2.05) is 12.1 Å². The summed E-state index contributed by atoms with van der Waals surface area (Å²) in [6.07, 6.45) is 4.93. The molecule has 1 aliphatic rings. The predicted octanol–water partition coefficient (Wildman–Crippen LogP) is 3.33. The molecule has 2 aromatic rings. The number of nitrogens with zero attached hydrogens (tertiary/aromatic N) is 1. The summed E-state index contributed by atoms with van der Waals surface area (Å²) in [7, 11) is 0. The molecule has 0 saturated carbocycles. The number of hydrogen-bond donors (Lipinski definition) is 1. The molecule has 0 atom stereocenters. The van der Waals surface area contributed by atoms with Crippen LogP contribution in [0.4, 0.5) is 0 Å². The lowest BCUT2D eigenvalue weighted by atomic mass is 10.0. The number of nitrogens with one attached hydrogen (secondary N) is 1. The molecular weight excluding hydrogens is 300 g/mol. The van der Waals surface area contributed by atoms with E-state index in [9.17, 15) is 4.79 Å². The number of carbonyl (C=O) groups excluding carboxylic acids is 1. The Morgan fingerprint density at radius 2 is 1.95 bits per heavy atom. The fourth-order valence-corrected chi connectivity index (χ4v) is 2.87. The van der Waals surface area contributed by atoms with Crippen LogP contribution in [0.2, 0.25) is 5.02 Å². The zero-order valence-electron chi connectivity index (χ0n) is 12.3. The number of furan rings is 1. The highest BCUT2D eigenvalue weighted by Crippen LogP contribution is 2.16. The number of carbonyl (C=O) groups is 1. The van der Waals surface area contributed by atoms with Gasteiger partial charge in [0, 0.05) is 30.7 Å². The third-order valence-electron chi connectivity index (χ3n) is 4.03. The third kappa shape index (κ3) is 3.90. The normalized spacial score (nSPS) is 16.6. The zero-order chi connectivity index (χ0) is 15.4. The summed E-state index contributed by atoms with van der Waals surface area (Å²) in [4.78, 5) is 14.4. The van der Waals surface area contributed by atoms with E-state index in [-0.39, 0.29) is 11.9 Å². The molecule has 1 saturated heterocycles. The number of rotatable bonds is 4. The first-order chi connectivity index (χ1) is 10.7. The van der Waals surface area contributed by atoms with Gasteiger partial charge in [-0.3, -0.25) is 9.69 Å². The average molecular weight is 319 g/mol. The van der Waals surface area contributed by atoms with Crippen LogP contribution in [0.25, 0.3) is 0 Å². The van der Waals surface area contributed by atoms with Gasteiger partial charge in [0.15, 0.2) is 0 Å². The molecule has 0 bridgehead atoms. The van der Waals surface area contributed by atoms with Crippen molar-refractivity contribution in [3.05, 3.63) is 59.0 Å². The average Bonchev–Trinajstić information content (AvgIpc) is 3.06. The lowest BCUT2D eigenvalue weighted by Gasteiger charge is -2.32. The Kier molecular flexibility index (Phi) is 4.80. The second-order valence-electron chi connectivity index (χ2n) is 5.66. The number of hydrogen-bond acceptors (Lipinski definition) is 3. The Balaban J connectivity index is 1.46. The lowest BCUT2D eigenvalue weighted by Crippen LogP contribution is -2.44. The highest BCUT2D eigenvalue weighted by atomic mass is 35.5. The lowest BCUT2D eigenvalue weighted by molar-refractivity contribution is 0.0908. The summed E-state index contributed by atoms with van der Waals surface area (Å²) in [6, 6.07) is 9.91. The first kappa shape index (κ1) is 15.1. The number of piperidine rings is 1. The molecule has 0 aliphatic carbocycles. The first-order valence-corrected chi connectivity index (χ1v) is 7.88. The van der Waals surface area contributed by atoms with E-state index in [1.165, 1.54) is 18.1 Å². The topological polar surface area (TPSA) is 45.5 Å². The predicted molar refractivity (Wildman–Crippen MR) is 85.9 cm³/mol. The quantitative estimate of drug-likeness (QED) is 0.940. The van der Waals surface area contributed by atoms with Crippen molar-refractivity contribution in [3.63, 3.8) is 0 Å². The number of likely N-dealkylation sites (tertiary alicyclic amines) is 1. The van der Waals surface area contributed by atoms with Crippen LogP contribution in [-0.4, -0.2) is 29.9 Å². The van der Waals surface area contributed by atoms with Crippen LogP contribution in [-0.2, 0) is 6.54 Å². The van der Waals surface area contributed by atoms with Crippen molar-refractivity contribution in [2.45, 2.75) is 25.4 Å². The van der Waals surface area contributed by atoms with Crippen LogP contribution in [0.15, 0.2) is 47.3 Å². The van der Waals surface area contributed by atoms with Gasteiger partial charge in [0.1, 0.15) is 6.26 Å². The highest BCUT2D eigenvalue weighted by Gasteiger charge is 2.21. The van der Waals surface area contributed by atoms with Crippen LogP contribution in [0.5, 0.6) is 0 Å². The van der Waals surface area contributed by atoms with E-state index < -0.39 is 0 Å². The summed E-state index contributed by atoms with van der Waals surface area (Å²) in [5.74, 6) is -0.0510. The van der Waals surface area contributed by atoms with Crippen molar-refractivity contribution in [2.24, 2.45) is 0 Å². The van der Waals surface area contributed by atoms with Gasteiger partial charge in [-0.15, -0.1) is 0 Å². The van der Waals surface area contributed by atoms with E-state index in [1.54, 1.807) is 6.07 Å². The molecule has 1 amide bonds. The van der Waals surface area contributed by atoms with Crippen molar-refractivity contribution in [1.29, 1.82) is 0 Å². The third-order valence-corrected chi connectivity index (χ3v) is 4.28. The largest absolute Gasteiger partial charge is 0.472 e. The van der Waals surface area contributed by atoms with Crippen LogP contribution in [0.1, 0.15) is 28.8 Å². The molecule has 0 radical (unpaired) electrons. The molecule has 2 heterocycles. The highest BCUT2D eigenvalue weighted by molar-refractivity contribution is 6.30. The summed E-state index contributed by atoms with van der Waals surface area (Å²) in [5, 5.41) is 3.84. The fourth-order valence-electron chi connectivity index (χ4n) is 2.75. The smallest absolute Gasteiger partial charge is 0.254 e. The van der Waals surface area contributed by atoms with Gasteiger partial charge in [-0.05, 0) is 36.6 Å². The van der Waals surface area contributed by atoms with E-state index in [0.717, 1.165) is 37.5 Å². The maximum Gasteiger partial charge on any atom is 0.254 e. The van der Waals surface area contributed by atoms with E-state index >= 15 is 0 Å². The van der Waals surface area contributed by atoms with Gasteiger partial charge in [-0.25, -0.2) is 0 Å². The first-order valence-electron chi connectivity index (χ1n) is 7.50. The molecular formula is C17H19ClN2O2. The monoisotopic (exact) mass is 318 g/mol. The minimum Gasteiger partial charge on any atom is -0.472 e. The molecule has 1 N–H and O–H groups in total. The maximum absolute atomic E-state index is 12.0. The molecule has 116 valence electrons. The van der Waals surface area contributed by atoms with E-state index in [2.05, 4.69) is 22.3 Å². The molecule has 1 aliphatic heterocycles. The van der Waals surface area contributed by atoms with E-state index in [0.29, 0.717) is 5.56 Å². The minimum atomic E-state index is -0.0510.